The van der Waals surface area contributed by atoms with E-state index in [4.69, 9.17) is 16.0 Å². The van der Waals surface area contributed by atoms with Gasteiger partial charge in [0, 0.05) is 6.04 Å². The van der Waals surface area contributed by atoms with E-state index in [2.05, 4.69) is 5.32 Å². The predicted octanol–water partition coefficient (Wildman–Crippen LogP) is -1.19. The normalized spacial score (nSPS) is 17.3. The van der Waals surface area contributed by atoms with Crippen LogP contribution in [0.3, 0.4) is 0 Å². The highest BCUT2D eigenvalue weighted by Crippen LogP contribution is 1.99. The summed E-state index contributed by atoms with van der Waals surface area (Å²) in [5, 5.41) is 16.1. The Hall–Kier alpha value is 0.190. The van der Waals surface area contributed by atoms with Gasteiger partial charge >= 0.3 is 0 Å². The largest absolute Gasteiger partial charge is 0.381 e. The maximum absolute atomic E-state index is 8.36. The lowest BCUT2D eigenvalue weighted by Crippen LogP contribution is -2.41. The molecule has 0 spiro atoms. The van der Waals surface area contributed by atoms with E-state index in [1.165, 1.54) is 0 Å². The first-order valence-corrected chi connectivity index (χ1v) is 3.62. The van der Waals surface area contributed by atoms with Crippen molar-refractivity contribution in [2.24, 2.45) is 10.9 Å². The summed E-state index contributed by atoms with van der Waals surface area (Å²) in [6, 6.07) is 0.0463. The van der Waals surface area contributed by atoms with E-state index in [1.807, 2.05) is 6.92 Å². The zero-order chi connectivity index (χ0) is 7.28. The summed E-state index contributed by atoms with van der Waals surface area (Å²) in [7, 11) is 0. The van der Waals surface area contributed by atoms with Crippen LogP contribution in [-0.4, -0.2) is 23.3 Å². The van der Waals surface area contributed by atoms with Crippen molar-refractivity contribution in [2.75, 3.05) is 6.73 Å². The summed E-state index contributed by atoms with van der Waals surface area (Å²) in [5.74, 6) is 0. The number of hydrogen-bond acceptors (Lipinski definition) is 5. The summed E-state index contributed by atoms with van der Waals surface area (Å²) in [4.78, 5) is 0. The lowest BCUT2D eigenvalue weighted by Gasteiger charge is -2.16. The maximum atomic E-state index is 8.36. The minimum Gasteiger partial charge on any atom is -0.381 e. The van der Waals surface area contributed by atoms with Crippen molar-refractivity contribution in [1.82, 2.24) is 5.32 Å². The number of nitrogens with one attached hydrogen (secondary N) is 1. The van der Waals surface area contributed by atoms with Crippen LogP contribution in [0.1, 0.15) is 6.92 Å². The molecule has 0 bridgehead atoms. The van der Waals surface area contributed by atoms with Gasteiger partial charge in [0.05, 0.1) is 12.1 Å². The topological polar surface area (TPSA) is 84.3 Å². The number of aliphatic hydroxyl groups is 1. The SMILES string of the molecule is CC(NCO)C(N)SN. The third kappa shape index (κ3) is 3.72. The van der Waals surface area contributed by atoms with Gasteiger partial charge in [-0.25, -0.2) is 0 Å². The van der Waals surface area contributed by atoms with Gasteiger partial charge < -0.3 is 10.8 Å². The second-order valence-corrected chi connectivity index (χ2v) is 2.57. The molecule has 0 fully saturated rings. The fourth-order valence-electron chi connectivity index (χ4n) is 0.378. The predicted molar refractivity (Wildman–Crippen MR) is 39.4 cm³/mol. The Bertz CT molecular complexity index is 72.8. The molecule has 6 N–H and O–H groups in total. The Morgan fingerprint density at radius 2 is 2.33 bits per heavy atom. The monoisotopic (exact) mass is 151 g/mol. The summed E-state index contributed by atoms with van der Waals surface area (Å²) < 4.78 is 0. The Kier molecular flexibility index (Phi) is 5.12. The fourth-order valence-corrected chi connectivity index (χ4v) is 0.710. The molecule has 2 unspecified atom stereocenters. The number of aliphatic hydroxyl groups excluding tert-OH is 1. The Morgan fingerprint density at radius 3 is 2.67 bits per heavy atom. The molecule has 9 heavy (non-hydrogen) atoms. The van der Waals surface area contributed by atoms with E-state index in [0.717, 1.165) is 11.9 Å². The first-order chi connectivity index (χ1) is 4.22. The number of hydrogen-bond donors (Lipinski definition) is 4. The van der Waals surface area contributed by atoms with Gasteiger partial charge in [-0.05, 0) is 6.92 Å². The molecule has 0 rings (SSSR count). The fraction of sp³-hybridized carbons (Fsp3) is 1.00. The Balaban J connectivity index is 3.32. The molecule has 0 aromatic carbocycles. The quantitative estimate of drug-likeness (QED) is 0.300. The highest BCUT2D eigenvalue weighted by atomic mass is 32.2. The highest BCUT2D eigenvalue weighted by molar-refractivity contribution is 7.97. The molecule has 0 amide bonds. The van der Waals surface area contributed by atoms with Crippen LogP contribution < -0.4 is 16.2 Å². The zero-order valence-corrected chi connectivity index (χ0v) is 6.19. The molecule has 0 aliphatic heterocycles. The van der Waals surface area contributed by atoms with Gasteiger partial charge in [0.25, 0.3) is 0 Å². The molecule has 0 saturated heterocycles. The summed E-state index contributed by atoms with van der Waals surface area (Å²) in [6.45, 7) is 1.80. The van der Waals surface area contributed by atoms with Crippen LogP contribution >= 0.6 is 11.9 Å². The third-order valence-corrected chi connectivity index (χ3v) is 1.79. The van der Waals surface area contributed by atoms with Crippen molar-refractivity contribution in [3.63, 3.8) is 0 Å². The lowest BCUT2D eigenvalue weighted by atomic mass is 10.3. The van der Waals surface area contributed by atoms with Gasteiger partial charge in [-0.3, -0.25) is 10.5 Å². The standard InChI is InChI=1S/C4H13N3OS/c1-3(7-2-8)4(5)9-6/h3-4,7-8H,2,5-6H2,1H3. The van der Waals surface area contributed by atoms with Crippen LogP contribution in [0.5, 0.6) is 0 Å². The summed E-state index contributed by atoms with van der Waals surface area (Å²) >= 11 is 1.08. The first-order valence-electron chi connectivity index (χ1n) is 2.67. The van der Waals surface area contributed by atoms with Crippen LogP contribution in [-0.2, 0) is 0 Å². The van der Waals surface area contributed by atoms with Crippen LogP contribution in [0, 0.1) is 0 Å². The minimum atomic E-state index is -0.155. The van der Waals surface area contributed by atoms with Crippen molar-refractivity contribution in [3.8, 4) is 0 Å². The maximum Gasteiger partial charge on any atom is 0.0934 e. The highest BCUT2D eigenvalue weighted by Gasteiger charge is 2.08. The van der Waals surface area contributed by atoms with Gasteiger partial charge in [-0.1, -0.05) is 11.9 Å². The van der Waals surface area contributed by atoms with Crippen LogP contribution in [0.15, 0.2) is 0 Å². The molecule has 5 heteroatoms. The lowest BCUT2D eigenvalue weighted by molar-refractivity contribution is 0.243. The Labute approximate surface area is 59.1 Å². The van der Waals surface area contributed by atoms with E-state index in [-0.39, 0.29) is 18.1 Å². The molecule has 0 saturated carbocycles. The van der Waals surface area contributed by atoms with Crippen molar-refractivity contribution >= 4 is 11.9 Å². The Morgan fingerprint density at radius 1 is 1.78 bits per heavy atom. The minimum absolute atomic E-state index is 0.0463. The molecule has 0 aromatic heterocycles. The van der Waals surface area contributed by atoms with Crippen LogP contribution in [0.2, 0.25) is 0 Å². The van der Waals surface area contributed by atoms with E-state index < -0.39 is 0 Å². The summed E-state index contributed by atoms with van der Waals surface area (Å²) in [6.07, 6.45) is 0. The van der Waals surface area contributed by atoms with E-state index in [9.17, 15) is 0 Å². The average molecular weight is 151 g/mol. The van der Waals surface area contributed by atoms with Crippen molar-refractivity contribution in [1.29, 1.82) is 0 Å². The van der Waals surface area contributed by atoms with Gasteiger partial charge in [0.2, 0.25) is 0 Å². The second kappa shape index (κ2) is 5.01. The molecule has 2 atom stereocenters. The van der Waals surface area contributed by atoms with Gasteiger partial charge in [-0.15, -0.1) is 0 Å². The molecule has 56 valence electrons. The van der Waals surface area contributed by atoms with Crippen LogP contribution in [0.4, 0.5) is 0 Å². The van der Waals surface area contributed by atoms with Gasteiger partial charge in [0.15, 0.2) is 0 Å². The molecule has 0 radical (unpaired) electrons. The van der Waals surface area contributed by atoms with E-state index in [1.54, 1.807) is 0 Å². The second-order valence-electron chi connectivity index (χ2n) is 1.75. The summed E-state index contributed by atoms with van der Waals surface area (Å²) in [5.41, 5.74) is 5.47. The van der Waals surface area contributed by atoms with E-state index in [0.29, 0.717) is 0 Å². The molecule has 0 aliphatic carbocycles. The smallest absolute Gasteiger partial charge is 0.0934 e. The van der Waals surface area contributed by atoms with Gasteiger partial charge in [0.1, 0.15) is 0 Å². The number of nitrogens with two attached hydrogens (primary N) is 2. The number of rotatable bonds is 4. The molecule has 0 heterocycles. The third-order valence-electron chi connectivity index (χ3n) is 1.06. The van der Waals surface area contributed by atoms with Gasteiger partial charge in [-0.2, -0.15) is 0 Å². The molecule has 0 aliphatic rings. The van der Waals surface area contributed by atoms with Crippen molar-refractivity contribution in [3.05, 3.63) is 0 Å². The van der Waals surface area contributed by atoms with E-state index >= 15 is 0 Å². The van der Waals surface area contributed by atoms with Crippen molar-refractivity contribution < 1.29 is 5.11 Å². The molecule has 0 aromatic rings. The molecular weight excluding hydrogens is 138 g/mol. The molecule has 4 nitrogen and oxygen atoms in total. The first kappa shape index (κ1) is 9.19. The van der Waals surface area contributed by atoms with Crippen LogP contribution in [0.25, 0.3) is 0 Å². The average Bonchev–Trinajstić information content (AvgIpc) is 1.87. The zero-order valence-electron chi connectivity index (χ0n) is 5.37. The molecular formula is C4H13N3OS. The van der Waals surface area contributed by atoms with Crippen molar-refractivity contribution in [2.45, 2.75) is 18.3 Å².